The van der Waals surface area contributed by atoms with Crippen LogP contribution in [0.1, 0.15) is 24.0 Å². The molecule has 1 atom stereocenters. The Labute approximate surface area is 205 Å². The number of likely N-dealkylation sites (N-methyl/N-ethyl adjacent to an activating group) is 1. The third kappa shape index (κ3) is 7.12. The first kappa shape index (κ1) is 26.4. The van der Waals surface area contributed by atoms with Gasteiger partial charge < -0.3 is 14.9 Å². The van der Waals surface area contributed by atoms with Crippen molar-refractivity contribution in [3.8, 4) is 0 Å². The summed E-state index contributed by atoms with van der Waals surface area (Å²) in [6, 6.07) is 14.6. The van der Waals surface area contributed by atoms with Gasteiger partial charge in [0.25, 0.3) is 0 Å². The zero-order chi connectivity index (χ0) is 25.6. The van der Waals surface area contributed by atoms with Crippen molar-refractivity contribution in [1.82, 2.24) is 14.5 Å². The molecule has 2 N–H and O–H groups in total. The highest BCUT2D eigenvalue weighted by atomic mass is 32.2. The first-order valence-corrected chi connectivity index (χ1v) is 12.9. The van der Waals surface area contributed by atoms with E-state index in [1.54, 1.807) is 17.0 Å². The van der Waals surface area contributed by atoms with Crippen LogP contribution in [0.2, 0.25) is 0 Å². The average Bonchev–Trinajstić information content (AvgIpc) is 2.83. The van der Waals surface area contributed by atoms with Crippen LogP contribution in [-0.2, 0) is 30.8 Å². The van der Waals surface area contributed by atoms with E-state index in [1.807, 2.05) is 37.3 Å². The van der Waals surface area contributed by atoms with Crippen LogP contribution in [0, 0.1) is 12.8 Å². The number of rotatable bonds is 9. The first-order chi connectivity index (χ1) is 16.6. The molecule has 0 radical (unpaired) electrons. The fourth-order valence-corrected chi connectivity index (χ4v) is 5.35. The lowest BCUT2D eigenvalue weighted by Crippen LogP contribution is -2.52. The van der Waals surface area contributed by atoms with Gasteiger partial charge in [-0.25, -0.2) is 8.42 Å². The molecule has 188 valence electrons. The van der Waals surface area contributed by atoms with Gasteiger partial charge in [0, 0.05) is 26.1 Å². The molecule has 0 aromatic heterocycles. The van der Waals surface area contributed by atoms with Gasteiger partial charge in [0.1, 0.15) is 12.6 Å². The van der Waals surface area contributed by atoms with E-state index in [2.05, 4.69) is 4.72 Å². The Kier molecular flexibility index (Phi) is 8.63. The monoisotopic (exact) mass is 501 g/mol. The summed E-state index contributed by atoms with van der Waals surface area (Å²) in [6.07, 6.45) is 0.958. The molecule has 1 saturated heterocycles. The average molecular weight is 502 g/mol. The van der Waals surface area contributed by atoms with E-state index in [0.29, 0.717) is 12.8 Å². The summed E-state index contributed by atoms with van der Waals surface area (Å²) in [5, 5.41) is 8.91. The molecule has 2 aromatic rings. The number of benzene rings is 2. The van der Waals surface area contributed by atoms with Crippen molar-refractivity contribution in [2.45, 2.75) is 37.1 Å². The number of carbonyl (C=O) groups excluding carboxylic acids is 2. The van der Waals surface area contributed by atoms with Gasteiger partial charge in [0.15, 0.2) is 0 Å². The maximum absolute atomic E-state index is 13.4. The van der Waals surface area contributed by atoms with E-state index in [1.165, 1.54) is 24.1 Å². The Morgan fingerprint density at radius 2 is 1.66 bits per heavy atom. The SMILES string of the molecule is Cc1ccc(S(=O)(=O)N[C@@H](Cc2ccccc2)C(=O)N2CCC(C(=O)N(C)CC(=O)O)CC2)cc1. The van der Waals surface area contributed by atoms with Crippen molar-refractivity contribution in [2.24, 2.45) is 5.92 Å². The third-order valence-corrected chi connectivity index (χ3v) is 7.60. The molecule has 0 bridgehead atoms. The zero-order valence-corrected chi connectivity index (χ0v) is 20.7. The molecule has 1 heterocycles. The van der Waals surface area contributed by atoms with Gasteiger partial charge in [-0.2, -0.15) is 4.72 Å². The van der Waals surface area contributed by atoms with Crippen molar-refractivity contribution in [1.29, 1.82) is 0 Å². The molecule has 1 aliphatic heterocycles. The van der Waals surface area contributed by atoms with E-state index in [9.17, 15) is 22.8 Å². The fourth-order valence-electron chi connectivity index (χ4n) is 4.16. The Bertz CT molecular complexity index is 1140. The molecule has 0 spiro atoms. The fraction of sp³-hybridized carbons (Fsp3) is 0.400. The van der Waals surface area contributed by atoms with Crippen LogP contribution in [0.3, 0.4) is 0 Å². The van der Waals surface area contributed by atoms with Gasteiger partial charge in [-0.3, -0.25) is 14.4 Å². The number of likely N-dealkylation sites (tertiary alicyclic amines) is 1. The minimum Gasteiger partial charge on any atom is -0.480 e. The highest BCUT2D eigenvalue weighted by Gasteiger charge is 2.34. The third-order valence-electron chi connectivity index (χ3n) is 6.11. The number of nitrogens with zero attached hydrogens (tertiary/aromatic N) is 2. The number of aliphatic carboxylic acids is 1. The molecular weight excluding hydrogens is 470 g/mol. The molecule has 2 amide bonds. The summed E-state index contributed by atoms with van der Waals surface area (Å²) in [4.78, 5) is 39.7. The van der Waals surface area contributed by atoms with Gasteiger partial charge in [-0.15, -0.1) is 0 Å². The predicted octanol–water partition coefficient (Wildman–Crippen LogP) is 1.67. The molecular formula is C25H31N3O6S. The maximum atomic E-state index is 13.4. The Morgan fingerprint density at radius 1 is 1.06 bits per heavy atom. The standard InChI is InChI=1S/C25H31N3O6S/c1-18-8-10-21(11-9-18)35(33,34)26-22(16-19-6-4-3-5-7-19)25(32)28-14-12-20(13-15-28)24(31)27(2)17-23(29)30/h3-11,20,22,26H,12-17H2,1-2H3,(H,29,30)/t22-/m0/s1. The molecule has 1 fully saturated rings. The summed E-state index contributed by atoms with van der Waals surface area (Å²) in [6.45, 7) is 2.05. The van der Waals surface area contributed by atoms with Crippen LogP contribution >= 0.6 is 0 Å². The van der Waals surface area contributed by atoms with E-state index in [-0.39, 0.29) is 48.7 Å². The summed E-state index contributed by atoms with van der Waals surface area (Å²) in [7, 11) is -2.49. The minimum atomic E-state index is -3.94. The Balaban J connectivity index is 1.73. The number of piperidine rings is 1. The smallest absolute Gasteiger partial charge is 0.323 e. The molecule has 0 aliphatic carbocycles. The summed E-state index contributed by atoms with van der Waals surface area (Å²) in [5.41, 5.74) is 1.74. The second-order valence-corrected chi connectivity index (χ2v) is 10.6. The number of amides is 2. The van der Waals surface area contributed by atoms with Crippen LogP contribution in [-0.4, -0.2) is 73.8 Å². The largest absolute Gasteiger partial charge is 0.480 e. The van der Waals surface area contributed by atoms with Gasteiger partial charge in [-0.05, 0) is 43.9 Å². The summed E-state index contributed by atoms with van der Waals surface area (Å²) in [5.74, 6) is -2.08. The molecule has 35 heavy (non-hydrogen) atoms. The lowest BCUT2D eigenvalue weighted by atomic mass is 9.94. The number of nitrogens with one attached hydrogen (secondary N) is 1. The molecule has 1 aliphatic rings. The summed E-state index contributed by atoms with van der Waals surface area (Å²) >= 11 is 0. The number of carbonyl (C=O) groups is 3. The van der Waals surface area contributed by atoms with Crippen LogP contribution < -0.4 is 4.72 Å². The number of aryl methyl sites for hydroxylation is 1. The van der Waals surface area contributed by atoms with Crippen molar-refractivity contribution in [3.63, 3.8) is 0 Å². The van der Waals surface area contributed by atoms with Crippen LogP contribution in [0.4, 0.5) is 0 Å². The highest BCUT2D eigenvalue weighted by Crippen LogP contribution is 2.21. The van der Waals surface area contributed by atoms with E-state index in [4.69, 9.17) is 5.11 Å². The van der Waals surface area contributed by atoms with Gasteiger partial charge in [0.05, 0.1) is 4.90 Å². The van der Waals surface area contributed by atoms with Crippen LogP contribution in [0.5, 0.6) is 0 Å². The van der Waals surface area contributed by atoms with Crippen molar-refractivity contribution >= 4 is 27.8 Å². The number of sulfonamides is 1. The summed E-state index contributed by atoms with van der Waals surface area (Å²) < 4.78 is 28.7. The zero-order valence-electron chi connectivity index (χ0n) is 19.9. The quantitative estimate of drug-likeness (QED) is 0.539. The molecule has 3 rings (SSSR count). The number of carboxylic acid groups (broad SMARTS) is 1. The molecule has 2 aromatic carbocycles. The lowest BCUT2D eigenvalue weighted by Gasteiger charge is -2.35. The minimum absolute atomic E-state index is 0.0831. The van der Waals surface area contributed by atoms with Crippen molar-refractivity contribution < 1.29 is 27.9 Å². The lowest BCUT2D eigenvalue weighted by molar-refractivity contribution is -0.146. The van der Waals surface area contributed by atoms with Gasteiger partial charge in [-0.1, -0.05) is 48.0 Å². The highest BCUT2D eigenvalue weighted by molar-refractivity contribution is 7.89. The molecule has 10 heteroatoms. The normalized spacial score (nSPS) is 15.4. The molecule has 0 saturated carbocycles. The van der Waals surface area contributed by atoms with Crippen molar-refractivity contribution in [3.05, 3.63) is 65.7 Å². The second kappa shape index (κ2) is 11.5. The van der Waals surface area contributed by atoms with Gasteiger partial charge >= 0.3 is 5.97 Å². The van der Waals surface area contributed by atoms with E-state index in [0.717, 1.165) is 11.1 Å². The predicted molar refractivity (Wildman–Crippen MR) is 130 cm³/mol. The van der Waals surface area contributed by atoms with Crippen LogP contribution in [0.15, 0.2) is 59.5 Å². The van der Waals surface area contributed by atoms with Crippen molar-refractivity contribution in [2.75, 3.05) is 26.7 Å². The maximum Gasteiger partial charge on any atom is 0.323 e. The topological polar surface area (TPSA) is 124 Å². The number of hydrogen-bond donors (Lipinski definition) is 2. The Hall–Kier alpha value is -3.24. The van der Waals surface area contributed by atoms with E-state index < -0.39 is 22.0 Å². The van der Waals surface area contributed by atoms with Gasteiger partial charge in [0.2, 0.25) is 21.8 Å². The Morgan fingerprint density at radius 3 is 2.23 bits per heavy atom. The molecule has 9 nitrogen and oxygen atoms in total. The first-order valence-electron chi connectivity index (χ1n) is 11.5. The van der Waals surface area contributed by atoms with Crippen LogP contribution in [0.25, 0.3) is 0 Å². The number of hydrogen-bond acceptors (Lipinski definition) is 5. The number of carboxylic acids is 1. The molecule has 0 unspecified atom stereocenters. The second-order valence-electron chi connectivity index (χ2n) is 8.86. The van der Waals surface area contributed by atoms with E-state index >= 15 is 0 Å².